The number of carbonyl (C=O) groups excluding carboxylic acids is 1. The third-order valence-corrected chi connectivity index (χ3v) is 3.69. The number of hydrogen-bond acceptors (Lipinski definition) is 3. The number of aliphatic hydroxyl groups is 1. The molecular weight excluding hydrogens is 240 g/mol. The molecule has 0 spiro atoms. The Labute approximate surface area is 114 Å². The molecule has 0 aromatic heterocycles. The van der Waals surface area contributed by atoms with E-state index in [-0.39, 0.29) is 5.78 Å². The van der Waals surface area contributed by atoms with Gasteiger partial charge in [-0.1, -0.05) is 26.2 Å². The van der Waals surface area contributed by atoms with E-state index >= 15 is 0 Å². The van der Waals surface area contributed by atoms with Gasteiger partial charge < -0.3 is 9.84 Å². The number of hydrogen-bond donors (Lipinski definition) is 1. The van der Waals surface area contributed by atoms with E-state index in [2.05, 4.69) is 6.92 Å². The molecule has 1 aromatic carbocycles. The number of ether oxygens (including phenoxy) is 1. The van der Waals surface area contributed by atoms with Gasteiger partial charge in [-0.05, 0) is 43.5 Å². The molecular formula is C16H22O3. The Hall–Kier alpha value is -1.35. The molecule has 19 heavy (non-hydrogen) atoms. The number of ketones is 1. The van der Waals surface area contributed by atoms with Gasteiger partial charge in [0.25, 0.3) is 0 Å². The highest BCUT2D eigenvalue weighted by Crippen LogP contribution is 2.31. The van der Waals surface area contributed by atoms with Gasteiger partial charge in [0.2, 0.25) is 0 Å². The molecule has 0 bridgehead atoms. The molecule has 3 heteroatoms. The molecule has 1 aromatic rings. The lowest BCUT2D eigenvalue weighted by molar-refractivity contribution is 0.0116. The van der Waals surface area contributed by atoms with Crippen LogP contribution in [0.4, 0.5) is 0 Å². The predicted molar refractivity (Wildman–Crippen MR) is 74.6 cm³/mol. The molecule has 104 valence electrons. The smallest absolute Gasteiger partial charge is 0.194 e. The summed E-state index contributed by atoms with van der Waals surface area (Å²) in [4.78, 5) is 12.4. The largest absolute Gasteiger partial charge is 0.494 e. The number of carbonyl (C=O) groups is 1. The summed E-state index contributed by atoms with van der Waals surface area (Å²) in [7, 11) is 0. The zero-order valence-electron chi connectivity index (χ0n) is 11.5. The maximum Gasteiger partial charge on any atom is 0.194 e. The van der Waals surface area contributed by atoms with Crippen LogP contribution in [0.15, 0.2) is 24.3 Å². The minimum atomic E-state index is -1.15. The van der Waals surface area contributed by atoms with Crippen LogP contribution in [0.5, 0.6) is 5.75 Å². The molecule has 0 heterocycles. The minimum Gasteiger partial charge on any atom is -0.494 e. The lowest BCUT2D eigenvalue weighted by atomic mass is 9.79. The molecule has 1 fully saturated rings. The molecule has 1 N–H and O–H groups in total. The van der Waals surface area contributed by atoms with Crippen LogP contribution in [-0.4, -0.2) is 23.1 Å². The Kier molecular flexibility index (Phi) is 4.59. The molecule has 1 aliphatic carbocycles. The van der Waals surface area contributed by atoms with Crippen molar-refractivity contribution in [3.8, 4) is 5.75 Å². The topological polar surface area (TPSA) is 46.5 Å². The van der Waals surface area contributed by atoms with Crippen LogP contribution < -0.4 is 4.74 Å². The lowest BCUT2D eigenvalue weighted by Gasteiger charge is -2.30. The van der Waals surface area contributed by atoms with E-state index < -0.39 is 5.60 Å². The summed E-state index contributed by atoms with van der Waals surface area (Å²) in [6.45, 7) is 2.73. The lowest BCUT2D eigenvalue weighted by Crippen LogP contribution is -2.40. The fourth-order valence-electron chi connectivity index (χ4n) is 2.55. The third kappa shape index (κ3) is 3.35. The highest BCUT2D eigenvalue weighted by molar-refractivity contribution is 6.02. The van der Waals surface area contributed by atoms with Gasteiger partial charge in [0, 0.05) is 5.56 Å². The van der Waals surface area contributed by atoms with E-state index in [4.69, 9.17) is 4.74 Å². The Morgan fingerprint density at radius 3 is 2.42 bits per heavy atom. The molecule has 3 nitrogen and oxygen atoms in total. The van der Waals surface area contributed by atoms with Crippen LogP contribution in [0, 0.1) is 0 Å². The predicted octanol–water partition coefficient (Wildman–Crippen LogP) is 3.35. The first-order valence-electron chi connectivity index (χ1n) is 7.16. The first-order valence-corrected chi connectivity index (χ1v) is 7.16. The van der Waals surface area contributed by atoms with E-state index in [0.717, 1.165) is 31.4 Å². The van der Waals surface area contributed by atoms with Gasteiger partial charge in [-0.25, -0.2) is 0 Å². The molecule has 1 aliphatic rings. The molecule has 0 aliphatic heterocycles. The van der Waals surface area contributed by atoms with Gasteiger partial charge in [-0.3, -0.25) is 4.79 Å². The van der Waals surface area contributed by atoms with E-state index in [1.165, 1.54) is 0 Å². The van der Waals surface area contributed by atoms with E-state index in [1.807, 2.05) is 0 Å². The van der Waals surface area contributed by atoms with Crippen molar-refractivity contribution in [1.82, 2.24) is 0 Å². The molecule has 0 saturated heterocycles. The average Bonchev–Trinajstić information content (AvgIpc) is 2.46. The molecule has 0 amide bonds. The van der Waals surface area contributed by atoms with Crippen molar-refractivity contribution >= 4 is 5.78 Å². The summed E-state index contributed by atoms with van der Waals surface area (Å²) in [5.74, 6) is 0.628. The van der Waals surface area contributed by atoms with Crippen molar-refractivity contribution in [2.24, 2.45) is 0 Å². The van der Waals surface area contributed by atoms with Gasteiger partial charge in [0.1, 0.15) is 11.4 Å². The Balaban J connectivity index is 2.06. The van der Waals surface area contributed by atoms with Crippen LogP contribution in [0.3, 0.4) is 0 Å². The highest BCUT2D eigenvalue weighted by Gasteiger charge is 2.37. The zero-order chi connectivity index (χ0) is 13.7. The van der Waals surface area contributed by atoms with E-state index in [0.29, 0.717) is 25.0 Å². The van der Waals surface area contributed by atoms with Crippen LogP contribution >= 0.6 is 0 Å². The second-order valence-corrected chi connectivity index (χ2v) is 5.29. The van der Waals surface area contributed by atoms with Gasteiger partial charge in [-0.2, -0.15) is 0 Å². The van der Waals surface area contributed by atoms with Gasteiger partial charge in [-0.15, -0.1) is 0 Å². The normalized spacial score (nSPS) is 18.0. The summed E-state index contributed by atoms with van der Waals surface area (Å²) in [6.07, 6.45) is 5.10. The molecule has 2 rings (SSSR count). The summed E-state index contributed by atoms with van der Waals surface area (Å²) in [5, 5.41) is 10.4. The van der Waals surface area contributed by atoms with Gasteiger partial charge in [0.15, 0.2) is 5.78 Å². The van der Waals surface area contributed by atoms with E-state index in [9.17, 15) is 9.90 Å². The number of benzene rings is 1. The van der Waals surface area contributed by atoms with Gasteiger partial charge in [0.05, 0.1) is 6.61 Å². The van der Waals surface area contributed by atoms with Crippen molar-refractivity contribution in [3.05, 3.63) is 29.8 Å². The maximum atomic E-state index is 12.4. The Morgan fingerprint density at radius 1 is 1.21 bits per heavy atom. The van der Waals surface area contributed by atoms with Gasteiger partial charge >= 0.3 is 0 Å². The van der Waals surface area contributed by atoms with Crippen molar-refractivity contribution in [2.45, 2.75) is 51.0 Å². The van der Waals surface area contributed by atoms with Crippen molar-refractivity contribution in [2.75, 3.05) is 6.61 Å². The van der Waals surface area contributed by atoms with E-state index in [1.54, 1.807) is 24.3 Å². The summed E-state index contributed by atoms with van der Waals surface area (Å²) < 4.78 is 5.49. The zero-order valence-corrected chi connectivity index (χ0v) is 11.5. The van der Waals surface area contributed by atoms with Crippen molar-refractivity contribution in [3.63, 3.8) is 0 Å². The summed E-state index contributed by atoms with van der Waals surface area (Å²) in [6, 6.07) is 7.10. The average molecular weight is 262 g/mol. The Morgan fingerprint density at radius 2 is 1.84 bits per heavy atom. The maximum absolute atomic E-state index is 12.4. The quantitative estimate of drug-likeness (QED) is 0.828. The second-order valence-electron chi connectivity index (χ2n) is 5.29. The first kappa shape index (κ1) is 14.1. The van der Waals surface area contributed by atoms with Crippen molar-refractivity contribution in [1.29, 1.82) is 0 Å². The molecule has 1 saturated carbocycles. The first-order chi connectivity index (χ1) is 9.15. The summed E-state index contributed by atoms with van der Waals surface area (Å²) >= 11 is 0. The summed E-state index contributed by atoms with van der Waals surface area (Å²) in [5.41, 5.74) is -0.572. The van der Waals surface area contributed by atoms with Crippen LogP contribution in [0.1, 0.15) is 55.8 Å². The second kappa shape index (κ2) is 6.20. The van der Waals surface area contributed by atoms with Crippen LogP contribution in [-0.2, 0) is 0 Å². The fraction of sp³-hybridized carbons (Fsp3) is 0.562. The monoisotopic (exact) mass is 262 g/mol. The fourth-order valence-corrected chi connectivity index (χ4v) is 2.55. The Bertz CT molecular complexity index is 416. The van der Waals surface area contributed by atoms with Crippen LogP contribution in [0.25, 0.3) is 0 Å². The highest BCUT2D eigenvalue weighted by atomic mass is 16.5. The number of Topliss-reactive ketones (excluding diaryl/α,β-unsaturated/α-hetero) is 1. The SMILES string of the molecule is CCCOc1ccc(C(=O)C2(O)CCCCC2)cc1. The third-order valence-electron chi connectivity index (χ3n) is 3.69. The molecule has 0 atom stereocenters. The standard InChI is InChI=1S/C16H22O3/c1-2-12-19-14-8-6-13(7-9-14)15(17)16(18)10-4-3-5-11-16/h6-9,18H,2-5,10-12H2,1H3. The van der Waals surface area contributed by atoms with Crippen LogP contribution in [0.2, 0.25) is 0 Å². The van der Waals surface area contributed by atoms with Crippen molar-refractivity contribution < 1.29 is 14.6 Å². The number of rotatable bonds is 5. The minimum absolute atomic E-state index is 0.144. The molecule has 0 radical (unpaired) electrons. The molecule has 0 unspecified atom stereocenters.